The number of carbonyl (C=O) groups is 2. The summed E-state index contributed by atoms with van der Waals surface area (Å²) in [7, 11) is 0. The van der Waals surface area contributed by atoms with E-state index in [1.807, 2.05) is 0 Å². The van der Waals surface area contributed by atoms with E-state index < -0.39 is 0 Å². The third kappa shape index (κ3) is 3.33. The van der Waals surface area contributed by atoms with Crippen LogP contribution in [0.15, 0.2) is 41.3 Å². The maximum absolute atomic E-state index is 12.4. The second-order valence-corrected chi connectivity index (χ2v) is 5.46. The molecule has 3 heterocycles. The Hall–Kier alpha value is -2.83. The first-order chi connectivity index (χ1) is 11.1. The first-order valence-corrected chi connectivity index (χ1v) is 7.41. The molecule has 2 N–H and O–H groups in total. The molecule has 7 nitrogen and oxygen atoms in total. The number of hydrogen-bond donors (Lipinski definition) is 2. The highest BCUT2D eigenvalue weighted by Crippen LogP contribution is 2.23. The van der Waals surface area contributed by atoms with Gasteiger partial charge in [-0.25, -0.2) is 4.98 Å². The Morgan fingerprint density at radius 1 is 1.39 bits per heavy atom. The van der Waals surface area contributed by atoms with E-state index in [-0.39, 0.29) is 29.3 Å². The van der Waals surface area contributed by atoms with Gasteiger partial charge in [0.05, 0.1) is 17.7 Å². The first kappa shape index (κ1) is 15.1. The number of piperidine rings is 1. The molecule has 0 unspecified atom stereocenters. The van der Waals surface area contributed by atoms with Crippen LogP contribution in [0.2, 0.25) is 0 Å². The number of furan rings is 1. The molecule has 1 aliphatic heterocycles. The smallest absolute Gasteiger partial charge is 0.257 e. The molecule has 0 aliphatic carbocycles. The number of anilines is 1. The van der Waals surface area contributed by atoms with E-state index in [4.69, 9.17) is 4.42 Å². The van der Waals surface area contributed by atoms with E-state index in [1.165, 1.54) is 24.8 Å². The highest BCUT2D eigenvalue weighted by molar-refractivity contribution is 5.96. The van der Waals surface area contributed by atoms with Crippen molar-refractivity contribution in [1.29, 1.82) is 0 Å². The summed E-state index contributed by atoms with van der Waals surface area (Å²) in [6, 6.07) is 4.65. The number of aromatic nitrogens is 1. The third-order valence-electron chi connectivity index (χ3n) is 3.88. The van der Waals surface area contributed by atoms with Gasteiger partial charge in [-0.3, -0.25) is 9.59 Å². The van der Waals surface area contributed by atoms with E-state index >= 15 is 0 Å². The monoisotopic (exact) mass is 315 g/mol. The second kappa shape index (κ2) is 6.51. The second-order valence-electron chi connectivity index (χ2n) is 5.46. The number of carbonyl (C=O) groups excluding carboxylic acids is 2. The molecule has 0 saturated carbocycles. The van der Waals surface area contributed by atoms with Crippen LogP contribution < -0.4 is 5.32 Å². The molecule has 7 heteroatoms. The average molecular weight is 315 g/mol. The molecule has 23 heavy (non-hydrogen) atoms. The topological polar surface area (TPSA) is 95.7 Å². The van der Waals surface area contributed by atoms with Gasteiger partial charge >= 0.3 is 0 Å². The fourth-order valence-electron chi connectivity index (χ4n) is 2.66. The molecule has 3 rings (SSSR count). The van der Waals surface area contributed by atoms with Crippen LogP contribution in [0.25, 0.3) is 0 Å². The lowest BCUT2D eigenvalue weighted by Crippen LogP contribution is -2.43. The van der Waals surface area contributed by atoms with Gasteiger partial charge in [-0.2, -0.15) is 0 Å². The van der Waals surface area contributed by atoms with Gasteiger partial charge in [0.25, 0.3) is 5.91 Å². The minimum Gasteiger partial charge on any atom is -0.504 e. The van der Waals surface area contributed by atoms with E-state index in [9.17, 15) is 14.7 Å². The largest absolute Gasteiger partial charge is 0.504 e. The highest BCUT2D eigenvalue weighted by Gasteiger charge is 2.29. The van der Waals surface area contributed by atoms with E-state index in [2.05, 4.69) is 10.3 Å². The molecule has 120 valence electrons. The van der Waals surface area contributed by atoms with Gasteiger partial charge in [0.15, 0.2) is 11.6 Å². The standard InChI is InChI=1S/C16H17N3O4/c20-13-4-1-6-17-14(13)18-15(21)11-3-2-7-19(9-11)16(22)12-5-8-23-10-12/h1,4-6,8,10-11,20H,2-3,7,9H2,(H,17,18,21)/t11-/m0/s1. The summed E-state index contributed by atoms with van der Waals surface area (Å²) < 4.78 is 4.93. The number of hydrogen-bond acceptors (Lipinski definition) is 5. The Kier molecular flexibility index (Phi) is 4.27. The number of nitrogens with one attached hydrogen (secondary N) is 1. The van der Waals surface area contributed by atoms with Crippen LogP contribution in [0.4, 0.5) is 5.82 Å². The zero-order chi connectivity index (χ0) is 16.2. The van der Waals surface area contributed by atoms with E-state index in [0.717, 1.165) is 6.42 Å². The summed E-state index contributed by atoms with van der Waals surface area (Å²) in [5.74, 6) is -0.666. The average Bonchev–Trinajstić information content (AvgIpc) is 3.11. The molecular weight excluding hydrogens is 298 g/mol. The van der Waals surface area contributed by atoms with Crippen molar-refractivity contribution in [2.45, 2.75) is 12.8 Å². The number of rotatable bonds is 3. The molecule has 1 fully saturated rings. The molecule has 2 amide bonds. The molecule has 1 atom stereocenters. The number of pyridine rings is 1. The summed E-state index contributed by atoms with van der Waals surface area (Å²) in [6.07, 6.45) is 5.78. The van der Waals surface area contributed by atoms with Crippen LogP contribution in [-0.4, -0.2) is 39.9 Å². The summed E-state index contributed by atoms with van der Waals surface area (Å²) in [6.45, 7) is 0.950. The SMILES string of the molecule is O=C(Nc1ncccc1O)[C@H]1CCCN(C(=O)c2ccoc2)C1. The van der Waals surface area contributed by atoms with Crippen molar-refractivity contribution in [3.05, 3.63) is 42.5 Å². The molecule has 0 spiro atoms. The minimum atomic E-state index is -0.332. The van der Waals surface area contributed by atoms with E-state index in [0.29, 0.717) is 25.1 Å². The van der Waals surface area contributed by atoms with Crippen LogP contribution >= 0.6 is 0 Å². The molecule has 1 aliphatic rings. The molecule has 0 radical (unpaired) electrons. The summed E-state index contributed by atoms with van der Waals surface area (Å²) in [5, 5.41) is 12.3. The number of likely N-dealkylation sites (tertiary alicyclic amines) is 1. The van der Waals surface area contributed by atoms with Gasteiger partial charge in [0, 0.05) is 19.3 Å². The lowest BCUT2D eigenvalue weighted by Gasteiger charge is -2.31. The van der Waals surface area contributed by atoms with Crippen LogP contribution in [0.1, 0.15) is 23.2 Å². The van der Waals surface area contributed by atoms with Gasteiger partial charge in [-0.05, 0) is 31.0 Å². The van der Waals surface area contributed by atoms with Crippen LogP contribution in [0.5, 0.6) is 5.75 Å². The maximum Gasteiger partial charge on any atom is 0.257 e. The van der Waals surface area contributed by atoms with Crippen molar-refractivity contribution in [3.63, 3.8) is 0 Å². The van der Waals surface area contributed by atoms with Crippen LogP contribution in [0.3, 0.4) is 0 Å². The third-order valence-corrected chi connectivity index (χ3v) is 3.88. The number of amides is 2. The van der Waals surface area contributed by atoms with Gasteiger partial charge in [-0.1, -0.05) is 0 Å². The molecule has 0 bridgehead atoms. The minimum absolute atomic E-state index is 0.0806. The predicted octanol–water partition coefficient (Wildman–Crippen LogP) is 1.87. The van der Waals surface area contributed by atoms with Gasteiger partial charge < -0.3 is 19.7 Å². The van der Waals surface area contributed by atoms with E-state index in [1.54, 1.807) is 17.0 Å². The maximum atomic E-state index is 12.4. The molecule has 2 aromatic rings. The summed E-state index contributed by atoms with van der Waals surface area (Å²) in [5.41, 5.74) is 0.480. The molecule has 1 saturated heterocycles. The summed E-state index contributed by atoms with van der Waals surface area (Å²) >= 11 is 0. The predicted molar refractivity (Wildman–Crippen MR) is 81.9 cm³/mol. The molecule has 0 aromatic carbocycles. The Bertz CT molecular complexity index is 699. The Labute approximate surface area is 132 Å². The Balaban J connectivity index is 1.65. The van der Waals surface area contributed by atoms with Crippen molar-refractivity contribution < 1.29 is 19.1 Å². The van der Waals surface area contributed by atoms with Crippen molar-refractivity contribution in [3.8, 4) is 5.75 Å². The molecular formula is C16H17N3O4. The lowest BCUT2D eigenvalue weighted by atomic mass is 9.96. The van der Waals surface area contributed by atoms with Crippen molar-refractivity contribution in [1.82, 2.24) is 9.88 Å². The highest BCUT2D eigenvalue weighted by atomic mass is 16.3. The number of aromatic hydroxyl groups is 1. The fraction of sp³-hybridized carbons (Fsp3) is 0.312. The summed E-state index contributed by atoms with van der Waals surface area (Å²) in [4.78, 5) is 30.3. The van der Waals surface area contributed by atoms with Crippen molar-refractivity contribution in [2.24, 2.45) is 5.92 Å². The van der Waals surface area contributed by atoms with Crippen LogP contribution in [0, 0.1) is 5.92 Å². The van der Waals surface area contributed by atoms with Crippen LogP contribution in [-0.2, 0) is 4.79 Å². The zero-order valence-electron chi connectivity index (χ0n) is 12.4. The quantitative estimate of drug-likeness (QED) is 0.901. The fourth-order valence-corrected chi connectivity index (χ4v) is 2.66. The molecule has 2 aromatic heterocycles. The van der Waals surface area contributed by atoms with Gasteiger partial charge in [0.2, 0.25) is 5.91 Å². The first-order valence-electron chi connectivity index (χ1n) is 7.41. The zero-order valence-corrected chi connectivity index (χ0v) is 12.4. The van der Waals surface area contributed by atoms with Gasteiger partial charge in [0.1, 0.15) is 6.26 Å². The Morgan fingerprint density at radius 2 is 2.26 bits per heavy atom. The lowest BCUT2D eigenvalue weighted by molar-refractivity contribution is -0.121. The normalized spacial score (nSPS) is 17.7. The van der Waals surface area contributed by atoms with Crippen molar-refractivity contribution in [2.75, 3.05) is 18.4 Å². The van der Waals surface area contributed by atoms with Gasteiger partial charge in [-0.15, -0.1) is 0 Å². The number of nitrogens with zero attached hydrogens (tertiary/aromatic N) is 2. The van der Waals surface area contributed by atoms with Crippen molar-refractivity contribution >= 4 is 17.6 Å². The Morgan fingerprint density at radius 3 is 3.00 bits per heavy atom.